The van der Waals surface area contributed by atoms with E-state index >= 15 is 0 Å². The first-order chi connectivity index (χ1) is 14.7. The number of benzene rings is 3. The summed E-state index contributed by atoms with van der Waals surface area (Å²) >= 11 is 6.30. The number of halogens is 1. The molecule has 4 aromatic rings. The summed E-state index contributed by atoms with van der Waals surface area (Å²) < 4.78 is 6.00. The highest BCUT2D eigenvalue weighted by Crippen LogP contribution is 2.33. The first-order valence-corrected chi connectivity index (χ1v) is 9.66. The lowest BCUT2D eigenvalue weighted by atomic mass is 10.1. The van der Waals surface area contributed by atoms with Gasteiger partial charge in [0, 0.05) is 28.0 Å². The summed E-state index contributed by atoms with van der Waals surface area (Å²) in [6.45, 7) is 2.59. The number of hydrogen-bond acceptors (Lipinski definition) is 7. The zero-order chi connectivity index (χ0) is 20.9. The van der Waals surface area contributed by atoms with Crippen LogP contribution in [0.4, 0.5) is 17.6 Å². The topological polar surface area (TPSA) is 95.8 Å². The van der Waals surface area contributed by atoms with Crippen molar-refractivity contribution >= 4 is 40.0 Å². The molecule has 1 heterocycles. The zero-order valence-corrected chi connectivity index (χ0v) is 16.8. The van der Waals surface area contributed by atoms with Crippen LogP contribution in [0.3, 0.4) is 0 Å². The van der Waals surface area contributed by atoms with E-state index in [1.54, 1.807) is 36.4 Å². The molecular formula is C22H17ClN6O. The molecule has 0 saturated carbocycles. The van der Waals surface area contributed by atoms with Crippen LogP contribution >= 0.6 is 11.6 Å². The van der Waals surface area contributed by atoms with Gasteiger partial charge in [-0.1, -0.05) is 35.9 Å². The average molecular weight is 417 g/mol. The maximum Gasteiger partial charge on any atom is 0.328 e. The van der Waals surface area contributed by atoms with Crippen LogP contribution in [0.2, 0.25) is 5.02 Å². The van der Waals surface area contributed by atoms with Gasteiger partial charge in [0.2, 0.25) is 11.9 Å². The van der Waals surface area contributed by atoms with E-state index in [9.17, 15) is 0 Å². The van der Waals surface area contributed by atoms with Gasteiger partial charge in [-0.15, -0.1) is 0 Å². The first-order valence-electron chi connectivity index (χ1n) is 9.28. The molecule has 30 heavy (non-hydrogen) atoms. The first kappa shape index (κ1) is 19.4. The van der Waals surface area contributed by atoms with E-state index < -0.39 is 0 Å². The van der Waals surface area contributed by atoms with Crippen molar-refractivity contribution in [2.75, 3.05) is 17.2 Å². The molecule has 2 N–H and O–H groups in total. The molecule has 0 aliphatic heterocycles. The Hall–Kier alpha value is -3.89. The Kier molecular flexibility index (Phi) is 5.59. The normalized spacial score (nSPS) is 10.4. The van der Waals surface area contributed by atoms with Crippen LogP contribution in [0.5, 0.6) is 11.8 Å². The quantitative estimate of drug-likeness (QED) is 0.427. The smallest absolute Gasteiger partial charge is 0.328 e. The fourth-order valence-corrected chi connectivity index (χ4v) is 3.10. The van der Waals surface area contributed by atoms with Crippen LogP contribution in [-0.2, 0) is 0 Å². The molecule has 0 radical (unpaired) electrons. The summed E-state index contributed by atoms with van der Waals surface area (Å²) in [5.41, 5.74) is 1.31. The monoisotopic (exact) mass is 416 g/mol. The fraction of sp³-hybridized carbons (Fsp3) is 0.0909. The molecular weight excluding hydrogens is 400 g/mol. The summed E-state index contributed by atoms with van der Waals surface area (Å²) in [5.74, 6) is 1.30. The van der Waals surface area contributed by atoms with E-state index in [0.717, 1.165) is 16.5 Å². The van der Waals surface area contributed by atoms with Crippen LogP contribution in [-0.4, -0.2) is 21.5 Å². The van der Waals surface area contributed by atoms with Crippen molar-refractivity contribution in [3.05, 3.63) is 71.2 Å². The molecule has 0 atom stereocenters. The fourth-order valence-electron chi connectivity index (χ4n) is 2.87. The van der Waals surface area contributed by atoms with E-state index in [1.807, 2.05) is 31.2 Å². The van der Waals surface area contributed by atoms with Crippen LogP contribution in [0.1, 0.15) is 12.5 Å². The minimum atomic E-state index is 0.143. The van der Waals surface area contributed by atoms with E-state index in [1.165, 1.54) is 0 Å². The van der Waals surface area contributed by atoms with Gasteiger partial charge in [0.05, 0.1) is 11.6 Å². The van der Waals surface area contributed by atoms with E-state index in [4.69, 9.17) is 21.6 Å². The SMILES string of the molecule is CCNc1nc(Nc2ccc(C#N)cc2)nc(Oc2ccc(Cl)c3ccccc23)n1. The van der Waals surface area contributed by atoms with E-state index in [2.05, 4.69) is 31.7 Å². The number of anilines is 3. The summed E-state index contributed by atoms with van der Waals surface area (Å²) in [4.78, 5) is 13.1. The highest BCUT2D eigenvalue weighted by atomic mass is 35.5. The van der Waals surface area contributed by atoms with Crippen molar-refractivity contribution in [2.45, 2.75) is 6.92 Å². The molecule has 7 nitrogen and oxygen atoms in total. The average Bonchev–Trinajstić information content (AvgIpc) is 2.77. The van der Waals surface area contributed by atoms with Gasteiger partial charge in [0.25, 0.3) is 0 Å². The molecule has 0 aliphatic rings. The number of rotatable bonds is 6. The molecule has 1 aromatic heterocycles. The highest BCUT2D eigenvalue weighted by Gasteiger charge is 2.12. The molecule has 148 valence electrons. The Morgan fingerprint density at radius 2 is 1.67 bits per heavy atom. The van der Waals surface area contributed by atoms with E-state index in [-0.39, 0.29) is 6.01 Å². The molecule has 0 saturated heterocycles. The zero-order valence-electron chi connectivity index (χ0n) is 16.1. The second-order valence-corrected chi connectivity index (χ2v) is 6.71. The summed E-state index contributed by atoms with van der Waals surface area (Å²) in [6.07, 6.45) is 0. The number of nitriles is 1. The second kappa shape index (κ2) is 8.64. The maximum absolute atomic E-state index is 8.95. The molecule has 8 heteroatoms. The van der Waals surface area contributed by atoms with Crippen LogP contribution in [0.15, 0.2) is 60.7 Å². The Bertz CT molecular complexity index is 1240. The second-order valence-electron chi connectivity index (χ2n) is 6.30. The van der Waals surface area contributed by atoms with Crippen molar-refractivity contribution in [2.24, 2.45) is 0 Å². The van der Waals surface area contributed by atoms with Gasteiger partial charge in [0.1, 0.15) is 5.75 Å². The van der Waals surface area contributed by atoms with Gasteiger partial charge in [-0.05, 0) is 43.3 Å². The third-order valence-electron chi connectivity index (χ3n) is 4.25. The van der Waals surface area contributed by atoms with Crippen LogP contribution in [0, 0.1) is 11.3 Å². The van der Waals surface area contributed by atoms with Crippen molar-refractivity contribution in [1.82, 2.24) is 15.0 Å². The van der Waals surface area contributed by atoms with Gasteiger partial charge >= 0.3 is 6.01 Å². The molecule has 3 aromatic carbocycles. The summed E-state index contributed by atoms with van der Waals surface area (Å²) in [6, 6.07) is 20.5. The summed E-state index contributed by atoms with van der Waals surface area (Å²) in [7, 11) is 0. The highest BCUT2D eigenvalue weighted by molar-refractivity contribution is 6.35. The lowest BCUT2D eigenvalue weighted by Gasteiger charge is -2.12. The van der Waals surface area contributed by atoms with Crippen molar-refractivity contribution in [3.8, 4) is 17.8 Å². The molecule has 0 unspecified atom stereocenters. The molecule has 0 spiro atoms. The van der Waals surface area contributed by atoms with Gasteiger partial charge in [-0.25, -0.2) is 0 Å². The van der Waals surface area contributed by atoms with Gasteiger partial charge in [-0.3, -0.25) is 0 Å². The Morgan fingerprint density at radius 3 is 2.40 bits per heavy atom. The molecule has 4 rings (SSSR count). The number of nitrogens with one attached hydrogen (secondary N) is 2. The van der Waals surface area contributed by atoms with Gasteiger partial charge < -0.3 is 15.4 Å². The number of aromatic nitrogens is 3. The van der Waals surface area contributed by atoms with Gasteiger partial charge in [0.15, 0.2) is 0 Å². The molecule has 0 amide bonds. The van der Waals surface area contributed by atoms with Crippen LogP contribution in [0.25, 0.3) is 10.8 Å². The number of fused-ring (bicyclic) bond motifs is 1. The van der Waals surface area contributed by atoms with Crippen LogP contribution < -0.4 is 15.4 Å². The van der Waals surface area contributed by atoms with Crippen molar-refractivity contribution in [3.63, 3.8) is 0 Å². The number of hydrogen-bond donors (Lipinski definition) is 2. The third-order valence-corrected chi connectivity index (χ3v) is 4.58. The Morgan fingerprint density at radius 1 is 0.933 bits per heavy atom. The number of nitrogens with zero attached hydrogens (tertiary/aromatic N) is 4. The predicted molar refractivity (Wildman–Crippen MR) is 117 cm³/mol. The van der Waals surface area contributed by atoms with E-state index in [0.29, 0.717) is 34.8 Å². The third kappa shape index (κ3) is 4.24. The Balaban J connectivity index is 1.68. The molecule has 0 bridgehead atoms. The predicted octanol–water partition coefficient (Wildman–Crippen LogP) is 5.52. The lowest BCUT2D eigenvalue weighted by molar-refractivity contribution is 0.446. The number of ether oxygens (including phenoxy) is 1. The summed E-state index contributed by atoms with van der Waals surface area (Å²) in [5, 5.41) is 17.5. The maximum atomic E-state index is 8.95. The lowest BCUT2D eigenvalue weighted by Crippen LogP contribution is -2.07. The molecule has 0 fully saturated rings. The standard InChI is InChI=1S/C22H17ClN6O/c1-2-25-20-27-21(26-15-9-7-14(13-24)8-10-15)29-22(28-20)30-19-12-11-18(23)16-5-3-4-6-17(16)19/h3-12H,2H2,1H3,(H2,25,26,27,28,29). The molecule has 0 aliphatic carbocycles. The van der Waals surface area contributed by atoms with Crippen molar-refractivity contribution in [1.29, 1.82) is 5.26 Å². The minimum absolute atomic E-state index is 0.143. The Labute approximate surface area is 178 Å². The van der Waals surface area contributed by atoms with Gasteiger partial charge in [-0.2, -0.15) is 20.2 Å². The largest absolute Gasteiger partial charge is 0.423 e. The minimum Gasteiger partial charge on any atom is -0.423 e. The van der Waals surface area contributed by atoms with Crippen molar-refractivity contribution < 1.29 is 4.74 Å².